The third kappa shape index (κ3) is 2.79. The molecule has 2 unspecified atom stereocenters. The van der Waals surface area contributed by atoms with Crippen LogP contribution in [0.25, 0.3) is 0 Å². The van der Waals surface area contributed by atoms with Crippen molar-refractivity contribution in [2.75, 3.05) is 19.7 Å². The lowest BCUT2D eigenvalue weighted by Crippen LogP contribution is -2.38. The Morgan fingerprint density at radius 3 is 2.78 bits per heavy atom. The molecular formula is C15H21NO2. The van der Waals surface area contributed by atoms with Gasteiger partial charge < -0.3 is 9.53 Å². The highest BCUT2D eigenvalue weighted by Crippen LogP contribution is 2.30. The molecular weight excluding hydrogens is 226 g/mol. The molecule has 98 valence electrons. The van der Waals surface area contributed by atoms with E-state index >= 15 is 0 Å². The predicted molar refractivity (Wildman–Crippen MR) is 71.3 cm³/mol. The van der Waals surface area contributed by atoms with Gasteiger partial charge in [0.05, 0.1) is 11.5 Å². The Balaban J connectivity index is 2.03. The minimum Gasteiger partial charge on any atom is -0.373 e. The summed E-state index contributed by atoms with van der Waals surface area (Å²) >= 11 is 0. The van der Waals surface area contributed by atoms with Crippen LogP contribution in [-0.2, 0) is 16.1 Å². The maximum absolute atomic E-state index is 11.2. The molecule has 1 saturated heterocycles. The minimum absolute atomic E-state index is 0.0267. The van der Waals surface area contributed by atoms with Gasteiger partial charge in [0.2, 0.25) is 0 Å². The summed E-state index contributed by atoms with van der Waals surface area (Å²) in [6.07, 6.45) is 1.04. The summed E-state index contributed by atoms with van der Waals surface area (Å²) in [5.74, 6) is -0.0267. The smallest absolute Gasteiger partial charge is 0.127 e. The van der Waals surface area contributed by atoms with Gasteiger partial charge in [-0.15, -0.1) is 0 Å². The summed E-state index contributed by atoms with van der Waals surface area (Å²) in [4.78, 5) is 13.5. The summed E-state index contributed by atoms with van der Waals surface area (Å²) < 4.78 is 5.79. The molecule has 3 nitrogen and oxygen atoms in total. The monoisotopic (exact) mass is 247 g/mol. The van der Waals surface area contributed by atoms with E-state index in [0.717, 1.165) is 25.9 Å². The Morgan fingerprint density at radius 1 is 1.44 bits per heavy atom. The molecule has 2 rings (SSSR count). The Bertz CT molecular complexity index is 393. The van der Waals surface area contributed by atoms with Crippen molar-refractivity contribution in [1.29, 1.82) is 0 Å². The highest BCUT2D eigenvalue weighted by Gasteiger charge is 2.43. The minimum atomic E-state index is -0.328. The first kappa shape index (κ1) is 13.2. The van der Waals surface area contributed by atoms with Crippen LogP contribution in [0.3, 0.4) is 0 Å². The van der Waals surface area contributed by atoms with Gasteiger partial charge in [-0.05, 0) is 19.4 Å². The lowest BCUT2D eigenvalue weighted by Gasteiger charge is -2.27. The lowest BCUT2D eigenvalue weighted by molar-refractivity contribution is -0.119. The van der Waals surface area contributed by atoms with Crippen LogP contribution < -0.4 is 0 Å². The maximum Gasteiger partial charge on any atom is 0.127 e. The average molecular weight is 247 g/mol. The van der Waals surface area contributed by atoms with E-state index in [0.29, 0.717) is 6.61 Å². The number of nitrogens with zero attached hydrogens (tertiary/aromatic N) is 1. The number of carbonyl (C=O) groups is 1. The van der Waals surface area contributed by atoms with Crippen molar-refractivity contribution in [1.82, 2.24) is 4.90 Å². The molecule has 1 fully saturated rings. The molecule has 0 aliphatic carbocycles. The van der Waals surface area contributed by atoms with Gasteiger partial charge in [-0.2, -0.15) is 0 Å². The van der Waals surface area contributed by atoms with Crippen molar-refractivity contribution in [2.24, 2.45) is 5.92 Å². The zero-order valence-corrected chi connectivity index (χ0v) is 11.1. The average Bonchev–Trinajstić information content (AvgIpc) is 2.67. The molecule has 1 heterocycles. The SMILES string of the molecule is CCOC1(C)CN(Cc2ccccc2)CC1C=O. The number of hydrogen-bond acceptors (Lipinski definition) is 3. The quantitative estimate of drug-likeness (QED) is 0.746. The Hall–Kier alpha value is -1.19. The van der Waals surface area contributed by atoms with Gasteiger partial charge in [-0.25, -0.2) is 0 Å². The van der Waals surface area contributed by atoms with Gasteiger partial charge in [-0.1, -0.05) is 30.3 Å². The van der Waals surface area contributed by atoms with E-state index in [1.54, 1.807) is 0 Å². The van der Waals surface area contributed by atoms with E-state index in [9.17, 15) is 4.79 Å². The highest BCUT2D eigenvalue weighted by atomic mass is 16.5. The van der Waals surface area contributed by atoms with Crippen LogP contribution in [0.2, 0.25) is 0 Å². The van der Waals surface area contributed by atoms with Gasteiger partial charge >= 0.3 is 0 Å². The van der Waals surface area contributed by atoms with Crippen molar-refractivity contribution in [3.05, 3.63) is 35.9 Å². The summed E-state index contributed by atoms with van der Waals surface area (Å²) in [6, 6.07) is 10.3. The van der Waals surface area contributed by atoms with Crippen LogP contribution in [0.4, 0.5) is 0 Å². The second-order valence-electron chi connectivity index (χ2n) is 5.14. The summed E-state index contributed by atoms with van der Waals surface area (Å²) in [7, 11) is 0. The van der Waals surface area contributed by atoms with Gasteiger partial charge in [0.1, 0.15) is 6.29 Å². The van der Waals surface area contributed by atoms with E-state index in [1.807, 2.05) is 32.0 Å². The normalized spacial score (nSPS) is 28.4. The second kappa shape index (κ2) is 5.63. The van der Waals surface area contributed by atoms with Crippen LogP contribution in [0.1, 0.15) is 19.4 Å². The van der Waals surface area contributed by atoms with Gasteiger partial charge in [0.25, 0.3) is 0 Å². The molecule has 0 bridgehead atoms. The molecule has 1 aromatic rings. The molecule has 2 atom stereocenters. The second-order valence-corrected chi connectivity index (χ2v) is 5.14. The van der Waals surface area contributed by atoms with Crippen LogP contribution in [0, 0.1) is 5.92 Å². The van der Waals surface area contributed by atoms with E-state index < -0.39 is 0 Å². The number of likely N-dealkylation sites (tertiary alicyclic amines) is 1. The lowest BCUT2D eigenvalue weighted by atomic mass is 9.94. The number of ether oxygens (including phenoxy) is 1. The molecule has 1 aliphatic rings. The zero-order valence-electron chi connectivity index (χ0n) is 11.1. The van der Waals surface area contributed by atoms with Gasteiger partial charge in [0, 0.05) is 26.2 Å². The number of hydrogen-bond donors (Lipinski definition) is 0. The topological polar surface area (TPSA) is 29.5 Å². The van der Waals surface area contributed by atoms with Crippen LogP contribution >= 0.6 is 0 Å². The summed E-state index contributed by atoms with van der Waals surface area (Å²) in [5, 5.41) is 0. The van der Waals surface area contributed by atoms with Crippen molar-refractivity contribution in [2.45, 2.75) is 26.0 Å². The fourth-order valence-corrected chi connectivity index (χ4v) is 2.73. The Kier molecular flexibility index (Phi) is 4.15. The van der Waals surface area contributed by atoms with Crippen molar-refractivity contribution in [3.63, 3.8) is 0 Å². The Morgan fingerprint density at radius 2 is 2.17 bits per heavy atom. The van der Waals surface area contributed by atoms with E-state index in [2.05, 4.69) is 17.0 Å². The van der Waals surface area contributed by atoms with Crippen molar-refractivity contribution < 1.29 is 9.53 Å². The molecule has 0 N–H and O–H groups in total. The van der Waals surface area contributed by atoms with E-state index in [4.69, 9.17) is 4.74 Å². The van der Waals surface area contributed by atoms with E-state index in [-0.39, 0.29) is 11.5 Å². The molecule has 18 heavy (non-hydrogen) atoms. The first-order valence-electron chi connectivity index (χ1n) is 6.53. The first-order valence-corrected chi connectivity index (χ1v) is 6.53. The Labute approximate surface area is 109 Å². The summed E-state index contributed by atoms with van der Waals surface area (Å²) in [6.45, 7) is 7.16. The zero-order chi connectivity index (χ0) is 13.0. The standard InChI is InChI=1S/C15H21NO2/c1-3-18-15(2)12-16(10-14(15)11-17)9-13-7-5-4-6-8-13/h4-8,11,14H,3,9-10,12H2,1-2H3. The third-order valence-corrected chi connectivity index (χ3v) is 3.66. The van der Waals surface area contributed by atoms with Crippen molar-refractivity contribution in [3.8, 4) is 0 Å². The van der Waals surface area contributed by atoms with Gasteiger partial charge in [-0.3, -0.25) is 4.90 Å². The van der Waals surface area contributed by atoms with Crippen LogP contribution in [0.5, 0.6) is 0 Å². The van der Waals surface area contributed by atoms with Gasteiger partial charge in [0.15, 0.2) is 0 Å². The molecule has 0 spiro atoms. The van der Waals surface area contributed by atoms with Crippen LogP contribution in [0.15, 0.2) is 30.3 Å². The molecule has 0 amide bonds. The first-order chi connectivity index (χ1) is 8.68. The van der Waals surface area contributed by atoms with Crippen LogP contribution in [-0.4, -0.2) is 36.5 Å². The number of benzene rings is 1. The maximum atomic E-state index is 11.2. The predicted octanol–water partition coefficient (Wildman–Crippen LogP) is 2.11. The highest BCUT2D eigenvalue weighted by molar-refractivity contribution is 5.57. The third-order valence-electron chi connectivity index (χ3n) is 3.66. The fourth-order valence-electron chi connectivity index (χ4n) is 2.73. The fraction of sp³-hybridized carbons (Fsp3) is 0.533. The number of carbonyl (C=O) groups excluding carboxylic acids is 1. The van der Waals surface area contributed by atoms with Crippen molar-refractivity contribution >= 4 is 6.29 Å². The molecule has 0 aromatic heterocycles. The molecule has 1 aromatic carbocycles. The van der Waals surface area contributed by atoms with E-state index in [1.165, 1.54) is 5.56 Å². The molecule has 3 heteroatoms. The molecule has 0 saturated carbocycles. The summed E-state index contributed by atoms with van der Waals surface area (Å²) in [5.41, 5.74) is 0.952. The number of rotatable bonds is 5. The number of aldehydes is 1. The largest absolute Gasteiger partial charge is 0.373 e. The molecule has 0 radical (unpaired) electrons. The molecule has 1 aliphatic heterocycles.